The van der Waals surface area contributed by atoms with Crippen molar-refractivity contribution in [2.45, 2.75) is 75.0 Å². The van der Waals surface area contributed by atoms with E-state index in [0.29, 0.717) is 43.9 Å². The molecule has 1 spiro atoms. The van der Waals surface area contributed by atoms with Crippen molar-refractivity contribution in [3.05, 3.63) is 29.8 Å². The number of hydrogen-bond acceptors (Lipinski definition) is 12. The number of piperidine rings is 1. The standard InChI is InChI=1S/C35H49NO11/c1-8-36-15-33(16-41-3)22(38)14-23(43-5)34-21-13-20-26(46-32(40)18-9-11-19(42-4)12-10-18)24(21)35(47-17(2)37,31(39)27(20)44-6)25(30(34)36)28(45-7)29(33)34/h9-12,20-31,38-39H,8,13-16H2,1-7H3/t20?,21-,22-,23+,24-,25+,26+,27-,28+,29-,30+,31+,33+,34+,35-/m1/s1. The van der Waals surface area contributed by atoms with Crippen molar-refractivity contribution in [1.29, 1.82) is 0 Å². The van der Waals surface area contributed by atoms with E-state index in [-0.39, 0.29) is 29.9 Å². The van der Waals surface area contributed by atoms with E-state index in [0.717, 1.165) is 0 Å². The fraction of sp³-hybridized carbons (Fsp3) is 0.771. The largest absolute Gasteiger partial charge is 0.497 e. The van der Waals surface area contributed by atoms with Gasteiger partial charge in [-0.05, 0) is 43.1 Å². The van der Waals surface area contributed by atoms with E-state index in [4.69, 9.17) is 33.2 Å². The van der Waals surface area contributed by atoms with E-state index < -0.39 is 70.7 Å². The van der Waals surface area contributed by atoms with E-state index >= 15 is 0 Å². The molecule has 1 aromatic carbocycles. The van der Waals surface area contributed by atoms with Crippen molar-refractivity contribution in [2.75, 3.05) is 55.2 Å². The lowest BCUT2D eigenvalue weighted by Gasteiger charge is -2.70. The van der Waals surface area contributed by atoms with Gasteiger partial charge in [0.15, 0.2) is 5.60 Å². The predicted molar refractivity (Wildman–Crippen MR) is 166 cm³/mol. The molecule has 6 fully saturated rings. The first-order chi connectivity index (χ1) is 22.6. The van der Waals surface area contributed by atoms with Gasteiger partial charge >= 0.3 is 11.9 Å². The van der Waals surface area contributed by atoms with Crippen molar-refractivity contribution in [2.24, 2.45) is 40.4 Å². The molecule has 6 aliphatic rings. The number of likely N-dealkylation sites (tertiary alicyclic amines) is 1. The van der Waals surface area contributed by atoms with Gasteiger partial charge < -0.3 is 43.4 Å². The Morgan fingerprint density at radius 1 is 0.936 bits per heavy atom. The summed E-state index contributed by atoms with van der Waals surface area (Å²) in [5.74, 6) is -2.49. The average molecular weight is 660 g/mol. The number of methoxy groups -OCH3 is 5. The third kappa shape index (κ3) is 4.00. The Bertz CT molecular complexity index is 1380. The fourth-order valence-electron chi connectivity index (χ4n) is 12.5. The second-order valence-electron chi connectivity index (χ2n) is 14.6. The van der Waals surface area contributed by atoms with E-state index in [1.54, 1.807) is 59.8 Å². The number of carbonyl (C=O) groups excluding carboxylic acids is 2. The van der Waals surface area contributed by atoms with Crippen LogP contribution in [-0.2, 0) is 33.2 Å². The van der Waals surface area contributed by atoms with Crippen LogP contribution in [0.2, 0.25) is 0 Å². The molecule has 5 saturated carbocycles. The molecule has 260 valence electrons. The van der Waals surface area contributed by atoms with E-state index in [1.807, 2.05) is 0 Å². The first-order valence-corrected chi connectivity index (χ1v) is 16.8. The zero-order valence-corrected chi connectivity index (χ0v) is 28.3. The maximum Gasteiger partial charge on any atom is 0.338 e. The van der Waals surface area contributed by atoms with Crippen molar-refractivity contribution >= 4 is 11.9 Å². The van der Waals surface area contributed by atoms with Crippen LogP contribution in [-0.4, -0.2) is 131 Å². The highest BCUT2D eigenvalue weighted by atomic mass is 16.6. The minimum atomic E-state index is -1.53. The summed E-state index contributed by atoms with van der Waals surface area (Å²) in [6, 6.07) is 6.50. The average Bonchev–Trinajstić information content (AvgIpc) is 3.49. The molecular formula is C35H49NO11. The van der Waals surface area contributed by atoms with E-state index in [2.05, 4.69) is 11.8 Å². The summed E-state index contributed by atoms with van der Waals surface area (Å²) >= 11 is 0. The number of fused-ring (bicyclic) bond motifs is 2. The second-order valence-corrected chi connectivity index (χ2v) is 14.6. The van der Waals surface area contributed by atoms with Crippen LogP contribution in [0.5, 0.6) is 5.75 Å². The van der Waals surface area contributed by atoms with Gasteiger partial charge in [-0.2, -0.15) is 0 Å². The maximum absolute atomic E-state index is 13.9. The highest BCUT2D eigenvalue weighted by Gasteiger charge is 2.90. The van der Waals surface area contributed by atoms with Crippen LogP contribution >= 0.6 is 0 Å². The molecule has 1 unspecified atom stereocenters. The maximum atomic E-state index is 13.9. The van der Waals surface area contributed by atoms with Gasteiger partial charge in [-0.3, -0.25) is 9.69 Å². The smallest absolute Gasteiger partial charge is 0.338 e. The van der Waals surface area contributed by atoms with Gasteiger partial charge in [0, 0.05) is 88.9 Å². The van der Waals surface area contributed by atoms with Gasteiger partial charge in [0.25, 0.3) is 0 Å². The molecule has 0 amide bonds. The lowest BCUT2D eigenvalue weighted by atomic mass is 9.42. The van der Waals surface area contributed by atoms with Crippen LogP contribution in [0, 0.1) is 40.4 Å². The van der Waals surface area contributed by atoms with Crippen molar-refractivity contribution in [1.82, 2.24) is 4.90 Å². The molecule has 1 heterocycles. The Hall–Kier alpha value is -2.32. The van der Waals surface area contributed by atoms with Gasteiger partial charge in [0.1, 0.15) is 18.0 Å². The number of rotatable bonds is 10. The quantitative estimate of drug-likeness (QED) is 0.352. The van der Waals surface area contributed by atoms with Gasteiger partial charge in [-0.25, -0.2) is 4.79 Å². The second kappa shape index (κ2) is 11.6. The number of aliphatic hydroxyl groups excluding tert-OH is 2. The van der Waals surface area contributed by atoms with Gasteiger partial charge in [-0.1, -0.05) is 6.92 Å². The summed E-state index contributed by atoms with van der Waals surface area (Å²) in [5, 5.41) is 24.6. The monoisotopic (exact) mass is 659 g/mol. The molecule has 7 bridgehead atoms. The summed E-state index contributed by atoms with van der Waals surface area (Å²) in [6.07, 6.45) is -3.51. The number of aliphatic hydroxyl groups is 2. The molecular weight excluding hydrogens is 610 g/mol. The first kappa shape index (κ1) is 33.2. The Balaban J connectivity index is 1.47. The molecule has 47 heavy (non-hydrogen) atoms. The third-order valence-electron chi connectivity index (χ3n) is 13.4. The number of benzene rings is 1. The van der Waals surface area contributed by atoms with Crippen LogP contribution in [0.3, 0.4) is 0 Å². The lowest BCUT2D eigenvalue weighted by molar-refractivity contribution is -0.312. The molecule has 0 aromatic heterocycles. The van der Waals surface area contributed by atoms with Crippen LogP contribution in [0.25, 0.3) is 0 Å². The van der Waals surface area contributed by atoms with Crippen LogP contribution in [0.15, 0.2) is 24.3 Å². The number of ether oxygens (including phenoxy) is 7. The SMILES string of the molecule is CCN1C[C@]2(COC)[C@H](O)C[C@H](OC)[C@@]34[C@@H]5CC6[C@@H](OC)[C@H](O)[C@@](OC(C)=O)([C@H]5[C@H]6OC(=O)c5ccc(OC)cc5)[C@@H]([C@H](OC)[C@H]23)[C@H]14. The summed E-state index contributed by atoms with van der Waals surface area (Å²) in [6.45, 7) is 4.95. The predicted octanol–water partition coefficient (Wildman–Crippen LogP) is 1.54. The van der Waals surface area contributed by atoms with Crippen LogP contribution in [0.1, 0.15) is 37.0 Å². The molecule has 2 N–H and O–H groups in total. The molecule has 1 aliphatic heterocycles. The fourth-order valence-corrected chi connectivity index (χ4v) is 12.5. The summed E-state index contributed by atoms with van der Waals surface area (Å²) in [4.78, 5) is 29.5. The molecule has 1 aromatic rings. The first-order valence-electron chi connectivity index (χ1n) is 16.8. The van der Waals surface area contributed by atoms with Crippen molar-refractivity contribution in [3.8, 4) is 5.75 Å². The zero-order valence-electron chi connectivity index (χ0n) is 28.3. The van der Waals surface area contributed by atoms with Crippen molar-refractivity contribution < 1.29 is 53.0 Å². The molecule has 15 atom stereocenters. The molecule has 5 aliphatic carbocycles. The Kier molecular flexibility index (Phi) is 8.22. The minimum Gasteiger partial charge on any atom is -0.497 e. The van der Waals surface area contributed by atoms with Crippen LogP contribution < -0.4 is 4.74 Å². The van der Waals surface area contributed by atoms with Crippen LogP contribution in [0.4, 0.5) is 0 Å². The molecule has 1 saturated heterocycles. The molecule has 12 heteroatoms. The zero-order chi connectivity index (χ0) is 33.6. The van der Waals surface area contributed by atoms with Gasteiger partial charge in [-0.15, -0.1) is 0 Å². The summed E-state index contributed by atoms with van der Waals surface area (Å²) in [5.41, 5.74) is -2.50. The van der Waals surface area contributed by atoms with Crippen molar-refractivity contribution in [3.63, 3.8) is 0 Å². The third-order valence-corrected chi connectivity index (χ3v) is 13.4. The molecule has 0 radical (unpaired) electrons. The minimum absolute atomic E-state index is 0.229. The Labute approximate surface area is 275 Å². The summed E-state index contributed by atoms with van der Waals surface area (Å²) in [7, 11) is 8.11. The van der Waals surface area contributed by atoms with Gasteiger partial charge in [0.05, 0.1) is 43.7 Å². The lowest BCUT2D eigenvalue weighted by Crippen LogP contribution is -2.80. The Morgan fingerprint density at radius 2 is 1.64 bits per heavy atom. The topological polar surface area (TPSA) is 142 Å². The van der Waals surface area contributed by atoms with Gasteiger partial charge in [0.2, 0.25) is 0 Å². The number of nitrogens with zero attached hydrogens (tertiary/aromatic N) is 1. The highest BCUT2D eigenvalue weighted by molar-refractivity contribution is 5.89. The van der Waals surface area contributed by atoms with E-state index in [1.165, 1.54) is 6.92 Å². The van der Waals surface area contributed by atoms with E-state index in [9.17, 15) is 19.8 Å². The summed E-state index contributed by atoms with van der Waals surface area (Å²) < 4.78 is 43.2. The number of esters is 2. The number of carbonyl (C=O) groups is 2. The number of hydrogen-bond donors (Lipinski definition) is 2. The Morgan fingerprint density at radius 3 is 2.21 bits per heavy atom. The highest BCUT2D eigenvalue weighted by Crippen LogP contribution is 2.80. The normalized spacial score (nSPS) is 47.4. The molecule has 12 nitrogen and oxygen atoms in total. The molecule has 7 rings (SSSR count).